The van der Waals surface area contributed by atoms with E-state index in [0.717, 1.165) is 13.0 Å². The van der Waals surface area contributed by atoms with Gasteiger partial charge in [0.1, 0.15) is 4.88 Å². The zero-order valence-electron chi connectivity index (χ0n) is 9.06. The molecule has 4 heteroatoms. The quantitative estimate of drug-likeness (QED) is 0.795. The van der Waals surface area contributed by atoms with Gasteiger partial charge in [0.05, 0.1) is 5.69 Å². The Labute approximate surface area is 93.9 Å². The molecule has 82 valence electrons. The minimum absolute atomic E-state index is 0.0966. The fraction of sp³-hybridized carbons (Fsp3) is 0.545. The van der Waals surface area contributed by atoms with Crippen LogP contribution in [0.2, 0.25) is 0 Å². The maximum Gasteiger partial charge on any atom is 0.266 e. The van der Waals surface area contributed by atoms with Crippen LogP contribution in [-0.4, -0.2) is 23.4 Å². The van der Waals surface area contributed by atoms with Gasteiger partial charge in [-0.05, 0) is 30.7 Å². The molecule has 1 saturated heterocycles. The summed E-state index contributed by atoms with van der Waals surface area (Å²) in [7, 11) is 0. The van der Waals surface area contributed by atoms with Crippen molar-refractivity contribution in [2.45, 2.75) is 26.3 Å². The number of nitrogens with two attached hydrogens (primary N) is 1. The Morgan fingerprint density at radius 1 is 1.60 bits per heavy atom. The fourth-order valence-electron chi connectivity index (χ4n) is 2.21. The first-order valence-electron chi connectivity index (χ1n) is 5.23. The normalized spacial score (nSPS) is 25.9. The minimum Gasteiger partial charge on any atom is -0.397 e. The van der Waals surface area contributed by atoms with Crippen molar-refractivity contribution in [3.05, 3.63) is 16.3 Å². The molecule has 2 unspecified atom stereocenters. The first-order valence-corrected chi connectivity index (χ1v) is 6.11. The number of rotatable bonds is 1. The molecule has 1 aliphatic heterocycles. The molecule has 0 radical (unpaired) electrons. The molecule has 2 rings (SSSR count). The monoisotopic (exact) mass is 224 g/mol. The summed E-state index contributed by atoms with van der Waals surface area (Å²) in [5, 5.41) is 1.87. The lowest BCUT2D eigenvalue weighted by molar-refractivity contribution is 0.0749. The third-order valence-corrected chi connectivity index (χ3v) is 3.85. The zero-order valence-corrected chi connectivity index (χ0v) is 9.88. The third-order valence-electron chi connectivity index (χ3n) is 2.93. The Morgan fingerprint density at radius 3 is 2.80 bits per heavy atom. The lowest BCUT2D eigenvalue weighted by Gasteiger charge is -2.20. The van der Waals surface area contributed by atoms with Crippen molar-refractivity contribution in [1.82, 2.24) is 4.90 Å². The van der Waals surface area contributed by atoms with Gasteiger partial charge in [-0.2, -0.15) is 0 Å². The number of likely N-dealkylation sites (tertiary alicyclic amines) is 1. The number of amides is 1. The van der Waals surface area contributed by atoms with E-state index in [1.54, 1.807) is 6.07 Å². The van der Waals surface area contributed by atoms with E-state index in [1.165, 1.54) is 11.3 Å². The number of hydrogen-bond donors (Lipinski definition) is 1. The van der Waals surface area contributed by atoms with Gasteiger partial charge in [0.15, 0.2) is 0 Å². The van der Waals surface area contributed by atoms with Crippen LogP contribution in [0.5, 0.6) is 0 Å². The third kappa shape index (κ3) is 1.86. The Hall–Kier alpha value is -1.03. The standard InChI is InChI=1S/C11H16N2OS/c1-7-5-8(2)13(6-7)11(14)10-9(12)3-4-15-10/h3-4,7-8H,5-6,12H2,1-2H3. The number of hydrogen-bond acceptors (Lipinski definition) is 3. The molecule has 0 saturated carbocycles. The molecule has 2 N–H and O–H groups in total. The number of anilines is 1. The van der Waals surface area contributed by atoms with E-state index in [1.807, 2.05) is 10.3 Å². The van der Waals surface area contributed by atoms with Crippen LogP contribution in [0.4, 0.5) is 5.69 Å². The molecule has 2 heterocycles. The van der Waals surface area contributed by atoms with Crippen LogP contribution < -0.4 is 5.73 Å². The smallest absolute Gasteiger partial charge is 0.266 e. The van der Waals surface area contributed by atoms with Gasteiger partial charge in [0.25, 0.3) is 5.91 Å². The van der Waals surface area contributed by atoms with Gasteiger partial charge < -0.3 is 10.6 Å². The van der Waals surface area contributed by atoms with Gasteiger partial charge in [-0.25, -0.2) is 0 Å². The summed E-state index contributed by atoms with van der Waals surface area (Å²) in [5.74, 6) is 0.699. The Morgan fingerprint density at radius 2 is 2.33 bits per heavy atom. The molecule has 3 nitrogen and oxygen atoms in total. The van der Waals surface area contributed by atoms with Crippen LogP contribution in [-0.2, 0) is 0 Å². The second-order valence-electron chi connectivity index (χ2n) is 4.35. The summed E-state index contributed by atoms with van der Waals surface area (Å²) in [5.41, 5.74) is 6.36. The van der Waals surface area contributed by atoms with E-state index in [0.29, 0.717) is 22.5 Å². The van der Waals surface area contributed by atoms with E-state index in [-0.39, 0.29) is 5.91 Å². The topological polar surface area (TPSA) is 46.3 Å². The van der Waals surface area contributed by atoms with Crippen LogP contribution in [0, 0.1) is 5.92 Å². The highest BCUT2D eigenvalue weighted by molar-refractivity contribution is 7.12. The van der Waals surface area contributed by atoms with Crippen LogP contribution >= 0.6 is 11.3 Å². The number of carbonyl (C=O) groups is 1. The van der Waals surface area contributed by atoms with Crippen molar-refractivity contribution < 1.29 is 4.79 Å². The zero-order chi connectivity index (χ0) is 11.0. The molecule has 1 aromatic rings. The Balaban J connectivity index is 2.19. The summed E-state index contributed by atoms with van der Waals surface area (Å²) in [4.78, 5) is 14.8. The van der Waals surface area contributed by atoms with Gasteiger partial charge >= 0.3 is 0 Å². The molecule has 1 amide bonds. The molecule has 0 aromatic carbocycles. The highest BCUT2D eigenvalue weighted by Crippen LogP contribution is 2.28. The minimum atomic E-state index is 0.0966. The van der Waals surface area contributed by atoms with Crippen LogP contribution in [0.25, 0.3) is 0 Å². The fourth-order valence-corrected chi connectivity index (χ4v) is 2.98. The van der Waals surface area contributed by atoms with E-state index in [2.05, 4.69) is 13.8 Å². The molecular formula is C11H16N2OS. The molecule has 1 fully saturated rings. The van der Waals surface area contributed by atoms with Crippen molar-refractivity contribution in [3.8, 4) is 0 Å². The van der Waals surface area contributed by atoms with Gasteiger partial charge in [-0.3, -0.25) is 4.79 Å². The average molecular weight is 224 g/mol. The summed E-state index contributed by atoms with van der Waals surface area (Å²) in [6.07, 6.45) is 1.09. The van der Waals surface area contributed by atoms with E-state index in [9.17, 15) is 4.79 Å². The molecule has 0 aliphatic carbocycles. The lowest BCUT2D eigenvalue weighted by atomic mass is 10.1. The van der Waals surface area contributed by atoms with Crippen molar-refractivity contribution in [1.29, 1.82) is 0 Å². The Kier molecular flexibility index (Phi) is 2.69. The number of nitrogen functional groups attached to an aromatic ring is 1. The van der Waals surface area contributed by atoms with Crippen molar-refractivity contribution in [2.75, 3.05) is 12.3 Å². The molecule has 1 aliphatic rings. The van der Waals surface area contributed by atoms with E-state index >= 15 is 0 Å². The second kappa shape index (κ2) is 3.85. The SMILES string of the molecule is CC1CC(C)N(C(=O)c2sccc2N)C1. The van der Waals surface area contributed by atoms with E-state index in [4.69, 9.17) is 5.73 Å². The Bertz CT molecular complexity index is 374. The van der Waals surface area contributed by atoms with Crippen molar-refractivity contribution in [3.63, 3.8) is 0 Å². The molecule has 2 atom stereocenters. The summed E-state index contributed by atoms with van der Waals surface area (Å²) in [6.45, 7) is 5.14. The van der Waals surface area contributed by atoms with Crippen LogP contribution in [0.1, 0.15) is 29.9 Å². The number of carbonyl (C=O) groups excluding carboxylic acids is 1. The second-order valence-corrected chi connectivity index (χ2v) is 5.27. The highest BCUT2D eigenvalue weighted by atomic mass is 32.1. The average Bonchev–Trinajstić information content (AvgIpc) is 2.71. The molecule has 1 aromatic heterocycles. The van der Waals surface area contributed by atoms with Gasteiger partial charge in [0.2, 0.25) is 0 Å². The summed E-state index contributed by atoms with van der Waals surface area (Å²) in [6, 6.07) is 2.14. The maximum absolute atomic E-state index is 12.1. The van der Waals surface area contributed by atoms with Crippen LogP contribution in [0.15, 0.2) is 11.4 Å². The predicted octanol–water partition coefficient (Wildman–Crippen LogP) is 2.20. The molecule has 0 spiro atoms. The number of nitrogens with zero attached hydrogens (tertiary/aromatic N) is 1. The maximum atomic E-state index is 12.1. The molecular weight excluding hydrogens is 208 g/mol. The van der Waals surface area contributed by atoms with Gasteiger partial charge in [0, 0.05) is 12.6 Å². The van der Waals surface area contributed by atoms with Gasteiger partial charge in [-0.1, -0.05) is 6.92 Å². The number of thiophene rings is 1. The van der Waals surface area contributed by atoms with Crippen molar-refractivity contribution >= 4 is 22.9 Å². The predicted molar refractivity (Wildman–Crippen MR) is 63.0 cm³/mol. The van der Waals surface area contributed by atoms with Crippen molar-refractivity contribution in [2.24, 2.45) is 5.92 Å². The summed E-state index contributed by atoms with van der Waals surface area (Å²) >= 11 is 1.43. The van der Waals surface area contributed by atoms with Crippen LogP contribution in [0.3, 0.4) is 0 Å². The largest absolute Gasteiger partial charge is 0.397 e. The molecule has 15 heavy (non-hydrogen) atoms. The van der Waals surface area contributed by atoms with Gasteiger partial charge in [-0.15, -0.1) is 11.3 Å². The highest BCUT2D eigenvalue weighted by Gasteiger charge is 2.31. The first kappa shape index (κ1) is 10.5. The molecule has 0 bridgehead atoms. The lowest BCUT2D eigenvalue weighted by Crippen LogP contribution is -2.33. The first-order chi connectivity index (χ1) is 7.09. The van der Waals surface area contributed by atoms with E-state index < -0.39 is 0 Å². The summed E-state index contributed by atoms with van der Waals surface area (Å²) < 4.78 is 0.